The number of non-ortho nitro benzene ring substituents is 3. The van der Waals surface area contributed by atoms with E-state index in [-0.39, 0.29) is 65.6 Å². The van der Waals surface area contributed by atoms with Gasteiger partial charge < -0.3 is 25.7 Å². The van der Waals surface area contributed by atoms with E-state index in [2.05, 4.69) is 30.7 Å². The number of carbonyl (C=O) groups is 3. The van der Waals surface area contributed by atoms with Gasteiger partial charge in [-0.15, -0.1) is 24.4 Å². The maximum absolute atomic E-state index is 13.2. The monoisotopic (exact) mass is 1340 g/mol. The van der Waals surface area contributed by atoms with Crippen molar-refractivity contribution in [3.05, 3.63) is 197 Å². The van der Waals surface area contributed by atoms with E-state index >= 15 is 0 Å². The number of nitro benzene ring substituents is 3. The molecular formula is C63H81N5Na2O16S4. The van der Waals surface area contributed by atoms with Gasteiger partial charge in [0.2, 0.25) is 0 Å². The third kappa shape index (κ3) is 28.7. The van der Waals surface area contributed by atoms with Crippen molar-refractivity contribution in [3.63, 3.8) is 0 Å². The SMILES string of the molecule is CCCCC(N)(CCCC)COS(=O)(=O)O.CCCCC(N)(CCCC)CSc1ccc([N+](=O)[O-])cc1C(=O)c1ccc(OC)cc1.COc1ccc(C(=O)c2cc([N+](=O)[O-])ccc2C)cc1.COc1ccc(C(=O)c2cc([N+](=O)[O-])ccc2S)cc1.S.[Na][Na]. The molecule has 5 N–H and O–H groups in total. The topological polar surface area (TPSA) is 324 Å². The molecule has 0 aliphatic rings. The summed E-state index contributed by atoms with van der Waals surface area (Å²) >= 11 is 8.58. The average molecular weight is 1340 g/mol. The molecule has 0 atom stereocenters. The molecule has 0 saturated heterocycles. The summed E-state index contributed by atoms with van der Waals surface area (Å²) < 4.78 is 49.1. The molecular weight excluding hydrogens is 1260 g/mol. The number of hydrogen-bond donors (Lipinski definition) is 4. The second-order valence-electron chi connectivity index (χ2n) is 20.4. The fourth-order valence-corrected chi connectivity index (χ4v) is 10.3. The van der Waals surface area contributed by atoms with Crippen molar-refractivity contribution < 1.29 is 60.5 Å². The Labute approximate surface area is 573 Å². The molecule has 6 rings (SSSR count). The minimum atomic E-state index is -4.39. The number of nitrogens with two attached hydrogens (primary N) is 2. The van der Waals surface area contributed by atoms with E-state index in [1.54, 1.807) is 106 Å². The van der Waals surface area contributed by atoms with Gasteiger partial charge in [0.1, 0.15) is 17.2 Å². The van der Waals surface area contributed by atoms with Crippen LogP contribution in [0.25, 0.3) is 0 Å². The Balaban J connectivity index is 0.000000610. The Hall–Kier alpha value is -5.23. The number of aryl methyl sites for hydroxylation is 1. The van der Waals surface area contributed by atoms with Crippen LogP contribution in [0, 0.1) is 37.3 Å². The van der Waals surface area contributed by atoms with Gasteiger partial charge in [0.15, 0.2) is 17.3 Å². The molecule has 6 aromatic carbocycles. The van der Waals surface area contributed by atoms with Crippen LogP contribution in [0.5, 0.6) is 17.2 Å². The number of benzene rings is 6. The Morgan fingerprint density at radius 1 is 0.544 bits per heavy atom. The zero-order chi connectivity index (χ0) is 66.9. The van der Waals surface area contributed by atoms with Crippen molar-refractivity contribution in [1.82, 2.24) is 0 Å². The van der Waals surface area contributed by atoms with E-state index in [1.807, 2.05) is 13.8 Å². The molecule has 6 aromatic rings. The molecule has 0 aromatic heterocycles. The fourth-order valence-electron chi connectivity index (χ4n) is 8.48. The molecule has 27 heteroatoms. The summed E-state index contributed by atoms with van der Waals surface area (Å²) in [6.45, 7) is 9.99. The number of methoxy groups -OCH3 is 3. The third-order valence-corrected chi connectivity index (χ3v) is 15.9. The number of thiol groups is 1. The maximum atomic E-state index is 13.2. The van der Waals surface area contributed by atoms with Crippen LogP contribution in [0.3, 0.4) is 0 Å². The Bertz CT molecular complexity index is 3230. The first-order valence-electron chi connectivity index (χ1n) is 29.1. The number of ketones is 3. The van der Waals surface area contributed by atoms with Crippen molar-refractivity contribution in [2.45, 2.75) is 133 Å². The Morgan fingerprint density at radius 3 is 1.22 bits per heavy atom. The summed E-state index contributed by atoms with van der Waals surface area (Å²) in [6, 6.07) is 32.7. The van der Waals surface area contributed by atoms with Crippen LogP contribution in [0.1, 0.15) is 158 Å². The Morgan fingerprint density at radius 2 is 0.867 bits per heavy atom. The van der Waals surface area contributed by atoms with Crippen molar-refractivity contribution in [3.8, 4) is 17.2 Å². The van der Waals surface area contributed by atoms with Gasteiger partial charge in [-0.1, -0.05) is 85.1 Å². The predicted octanol–water partition coefficient (Wildman–Crippen LogP) is 13.5. The minimum absolute atomic E-state index is 0. The zero-order valence-corrected chi connectivity index (χ0v) is 60.4. The van der Waals surface area contributed by atoms with Gasteiger partial charge >= 0.3 is 54.0 Å². The molecule has 0 aliphatic carbocycles. The normalized spacial score (nSPS) is 10.8. The van der Waals surface area contributed by atoms with Gasteiger partial charge in [-0.3, -0.25) is 49.3 Å². The van der Waals surface area contributed by atoms with Crippen molar-refractivity contribution in [2.75, 3.05) is 33.7 Å². The van der Waals surface area contributed by atoms with Crippen LogP contribution < -0.4 is 25.7 Å². The molecule has 0 radical (unpaired) electrons. The standard InChI is InChI=1S/C24H32N2O4S.C15H13NO4.C14H11NO4S.C10H23NO4S.2Na.H2S/c1-4-6-14-24(25,15-7-5-2)17-31-22-13-10-19(26(28)29)16-21(22)23(27)18-8-11-20(30-3)12-9-18;1-10-3-6-12(16(18)19)9-14(10)15(17)11-4-7-13(20-2)8-5-11;1-19-11-5-2-9(3-6-11)14(16)12-8-10(15(17)18)4-7-13(12)20;1-3-5-7-10(11,8-6-4-2)9-15-16(12,13)14;;;/h8-13,16H,4-7,14-15,17,25H2,1-3H3;3-9H,1-2H3;2-8,20H,1H3;3-9,11H2,1-2H3,(H,12,13,14);;;1H2. The van der Waals surface area contributed by atoms with E-state index in [9.17, 15) is 53.1 Å². The van der Waals surface area contributed by atoms with Gasteiger partial charge in [0, 0.05) is 96.4 Å². The molecule has 0 spiro atoms. The first kappa shape index (κ1) is 82.8. The number of unbranched alkanes of at least 4 members (excludes halogenated alkanes) is 4. The van der Waals surface area contributed by atoms with Gasteiger partial charge in [0.25, 0.3) is 17.1 Å². The van der Waals surface area contributed by atoms with Crippen LogP contribution in [0.15, 0.2) is 137 Å². The summed E-state index contributed by atoms with van der Waals surface area (Å²) in [5.74, 6) is 1.77. The van der Waals surface area contributed by atoms with E-state index in [1.165, 1.54) is 105 Å². The second kappa shape index (κ2) is 42.8. The predicted molar refractivity (Wildman–Crippen MR) is 363 cm³/mol. The summed E-state index contributed by atoms with van der Waals surface area (Å²) in [6.07, 6.45) is 11.4. The summed E-state index contributed by atoms with van der Waals surface area (Å²) in [5, 5.41) is 32.9. The molecule has 0 fully saturated rings. The van der Waals surface area contributed by atoms with Gasteiger partial charge in [-0.2, -0.15) is 21.9 Å². The molecule has 0 heterocycles. The molecule has 480 valence electrons. The zero-order valence-electron chi connectivity index (χ0n) is 52.9. The van der Waals surface area contributed by atoms with Gasteiger partial charge in [-0.05, 0) is 123 Å². The molecule has 90 heavy (non-hydrogen) atoms. The molecule has 21 nitrogen and oxygen atoms in total. The van der Waals surface area contributed by atoms with Crippen LogP contribution >= 0.6 is 37.9 Å². The van der Waals surface area contributed by atoms with Crippen LogP contribution in [0.2, 0.25) is 0 Å². The molecule has 0 bridgehead atoms. The van der Waals surface area contributed by atoms with Crippen LogP contribution in [-0.4, -0.2) is 133 Å². The number of carbonyl (C=O) groups excluding carboxylic acids is 3. The second-order valence-corrected chi connectivity index (χ2v) is 23.0. The average Bonchev–Trinajstić information content (AvgIpc) is 1.13. The first-order chi connectivity index (χ1) is 42.2. The van der Waals surface area contributed by atoms with Crippen molar-refractivity contribution in [2.24, 2.45) is 11.5 Å². The van der Waals surface area contributed by atoms with E-state index in [0.29, 0.717) is 79.0 Å². The summed E-state index contributed by atoms with van der Waals surface area (Å²) in [5.41, 5.74) is 14.4. The van der Waals surface area contributed by atoms with Crippen molar-refractivity contribution in [1.29, 1.82) is 0 Å². The molecule has 0 unspecified atom stereocenters. The molecule has 0 amide bonds. The number of nitrogens with zero attached hydrogens (tertiary/aromatic N) is 3. The number of hydrogen-bond acceptors (Lipinski definition) is 19. The fraction of sp³-hybridized carbons (Fsp3) is 0.381. The summed E-state index contributed by atoms with van der Waals surface area (Å²) in [7, 11) is 0.245. The van der Waals surface area contributed by atoms with Crippen LogP contribution in [0.4, 0.5) is 17.1 Å². The summed E-state index contributed by atoms with van der Waals surface area (Å²) in [4.78, 5) is 70.4. The Kier molecular flexibility index (Phi) is 39.4. The van der Waals surface area contributed by atoms with E-state index in [4.69, 9.17) is 30.2 Å². The molecule has 0 saturated carbocycles. The van der Waals surface area contributed by atoms with E-state index in [0.717, 1.165) is 64.2 Å². The quantitative estimate of drug-likeness (QED) is 0.00619. The number of thioether (sulfide) groups is 1. The van der Waals surface area contributed by atoms with Gasteiger partial charge in [0.05, 0.1) is 42.7 Å². The first-order valence-corrected chi connectivity index (χ1v) is 39.9. The van der Waals surface area contributed by atoms with Gasteiger partial charge in [-0.25, -0.2) is 4.18 Å². The molecule has 0 aliphatic heterocycles. The van der Waals surface area contributed by atoms with Crippen molar-refractivity contribution >= 4 is 126 Å². The number of nitro groups is 3. The number of ether oxygens (including phenoxy) is 3. The van der Waals surface area contributed by atoms with E-state index < -0.39 is 30.7 Å². The number of rotatable bonds is 30. The third-order valence-electron chi connectivity index (χ3n) is 13.7. The van der Waals surface area contributed by atoms with Crippen LogP contribution in [-0.2, 0) is 14.6 Å².